The molecule has 1 unspecified atom stereocenters. The molecule has 1 saturated carbocycles. The van der Waals surface area contributed by atoms with Crippen LogP contribution in [0.25, 0.3) is 17.0 Å². The second-order valence-electron chi connectivity index (χ2n) is 8.14. The molecule has 5 rings (SSSR count). The Balaban J connectivity index is 1.55. The van der Waals surface area contributed by atoms with E-state index in [-0.39, 0.29) is 5.92 Å². The third-order valence-electron chi connectivity index (χ3n) is 6.20. The highest BCUT2D eigenvalue weighted by Crippen LogP contribution is 2.43. The van der Waals surface area contributed by atoms with Gasteiger partial charge in [0.2, 0.25) is 6.41 Å². The van der Waals surface area contributed by atoms with Crippen molar-refractivity contribution in [3.05, 3.63) is 70.9 Å². The summed E-state index contributed by atoms with van der Waals surface area (Å²) in [5.74, 6) is 1.34. The summed E-state index contributed by atoms with van der Waals surface area (Å²) in [7, 11) is 0. The number of fused-ring (bicyclic) bond motifs is 1. The molecule has 0 bridgehead atoms. The highest BCUT2D eigenvalue weighted by atomic mass is 35.5. The first-order chi connectivity index (χ1) is 15.2. The fourth-order valence-corrected chi connectivity index (χ4v) is 5.03. The van der Waals surface area contributed by atoms with Gasteiger partial charge in [0, 0.05) is 17.2 Å². The van der Waals surface area contributed by atoms with Crippen LogP contribution < -0.4 is 5.32 Å². The number of halogens is 1. The summed E-state index contributed by atoms with van der Waals surface area (Å²) >= 11 is 6.89. The topological polar surface area (TPSA) is 75.1 Å². The lowest BCUT2D eigenvalue weighted by Gasteiger charge is -2.29. The lowest BCUT2D eigenvalue weighted by atomic mass is 9.75. The van der Waals surface area contributed by atoms with Gasteiger partial charge >= 0.3 is 0 Å². The maximum Gasteiger partial charge on any atom is 0.211 e. The zero-order valence-corrected chi connectivity index (χ0v) is 17.8. The van der Waals surface area contributed by atoms with Crippen molar-refractivity contribution >= 4 is 29.3 Å². The molecule has 1 aliphatic carbocycles. The Hall–Kier alpha value is -3.12. The Bertz CT molecular complexity index is 1190. The molecule has 0 saturated heterocycles. The quantitative estimate of drug-likeness (QED) is 0.385. The van der Waals surface area contributed by atoms with Gasteiger partial charge in [0.25, 0.3) is 0 Å². The molecule has 4 aromatic rings. The monoisotopic (exact) mass is 433 g/mol. The van der Waals surface area contributed by atoms with Crippen LogP contribution >= 0.6 is 11.6 Å². The smallest absolute Gasteiger partial charge is 0.211 e. The summed E-state index contributed by atoms with van der Waals surface area (Å²) in [5, 5.41) is 12.8. The van der Waals surface area contributed by atoms with Gasteiger partial charge in [-0.1, -0.05) is 73.3 Å². The highest BCUT2D eigenvalue weighted by Gasteiger charge is 2.32. The minimum absolute atomic E-state index is 0.160. The Morgan fingerprint density at radius 2 is 1.87 bits per heavy atom. The summed E-state index contributed by atoms with van der Waals surface area (Å²) < 4.78 is 1.60. The Morgan fingerprint density at radius 3 is 2.61 bits per heavy atom. The van der Waals surface area contributed by atoms with Gasteiger partial charge in [-0.15, -0.1) is 9.73 Å². The maximum atomic E-state index is 10.7. The van der Waals surface area contributed by atoms with Crippen LogP contribution in [0.2, 0.25) is 5.02 Å². The molecule has 1 fully saturated rings. The summed E-state index contributed by atoms with van der Waals surface area (Å²) in [6.07, 6.45) is 6.85. The molecular weight excluding hydrogens is 410 g/mol. The molecule has 2 N–H and O–H groups in total. The average molecular weight is 434 g/mol. The number of anilines is 1. The number of nitrogens with one attached hydrogen (secondary N) is 2. The molecule has 0 radical (unpaired) electrons. The first-order valence-corrected chi connectivity index (χ1v) is 11.1. The zero-order valence-electron chi connectivity index (χ0n) is 17.1. The number of carbonyl (C=O) groups excluding carboxylic acids is 1. The van der Waals surface area contributed by atoms with Crippen molar-refractivity contribution in [1.82, 2.24) is 19.8 Å². The predicted molar refractivity (Wildman–Crippen MR) is 122 cm³/mol. The molecule has 158 valence electrons. The number of carbonyl (C=O) groups is 1. The number of hydrogen-bond acceptors (Lipinski definition) is 3. The van der Waals surface area contributed by atoms with E-state index in [0.29, 0.717) is 34.5 Å². The lowest BCUT2D eigenvalue weighted by Crippen LogP contribution is -2.18. The summed E-state index contributed by atoms with van der Waals surface area (Å²) in [6, 6.07) is 18.0. The van der Waals surface area contributed by atoms with Gasteiger partial charge < -0.3 is 10.3 Å². The van der Waals surface area contributed by atoms with Crippen LogP contribution in [0.3, 0.4) is 0 Å². The number of aromatic nitrogens is 4. The number of aromatic amines is 1. The van der Waals surface area contributed by atoms with Gasteiger partial charge in [0.1, 0.15) is 5.02 Å². The van der Waals surface area contributed by atoms with Crippen molar-refractivity contribution in [3.8, 4) is 11.4 Å². The van der Waals surface area contributed by atoms with Crippen LogP contribution in [-0.2, 0) is 4.79 Å². The van der Waals surface area contributed by atoms with Crippen LogP contribution in [0, 0.1) is 5.92 Å². The van der Waals surface area contributed by atoms with Gasteiger partial charge in [-0.25, -0.2) is 0 Å². The van der Waals surface area contributed by atoms with E-state index in [1.165, 1.54) is 37.7 Å². The van der Waals surface area contributed by atoms with Crippen molar-refractivity contribution in [2.45, 2.75) is 38.0 Å². The number of hydrogen-bond donors (Lipinski definition) is 2. The maximum absolute atomic E-state index is 10.7. The molecule has 0 spiro atoms. The number of benzene rings is 2. The Kier molecular flexibility index (Phi) is 5.47. The lowest BCUT2D eigenvalue weighted by molar-refractivity contribution is -0.105. The van der Waals surface area contributed by atoms with E-state index in [2.05, 4.69) is 39.7 Å². The SMILES string of the molecule is O=CNc1cccc(-c2nn3nc(C(c4ccccc4)C4CCCCC4)c(Cl)c3[nH]2)c1. The summed E-state index contributed by atoms with van der Waals surface area (Å²) in [5.41, 5.74) is 4.39. The van der Waals surface area contributed by atoms with Gasteiger partial charge in [-0.2, -0.15) is 5.10 Å². The number of nitrogens with zero attached hydrogens (tertiary/aromatic N) is 3. The summed E-state index contributed by atoms with van der Waals surface area (Å²) in [4.78, 5) is 14.1. The van der Waals surface area contributed by atoms with Crippen molar-refractivity contribution in [1.29, 1.82) is 0 Å². The van der Waals surface area contributed by atoms with Crippen LogP contribution in [0.5, 0.6) is 0 Å². The Morgan fingerprint density at radius 1 is 1.06 bits per heavy atom. The molecule has 1 atom stereocenters. The molecule has 1 amide bonds. The predicted octanol–water partition coefficient (Wildman–Crippen LogP) is 5.66. The zero-order chi connectivity index (χ0) is 21.2. The van der Waals surface area contributed by atoms with Crippen molar-refractivity contribution in [3.63, 3.8) is 0 Å². The van der Waals surface area contributed by atoms with Crippen LogP contribution in [0.15, 0.2) is 54.6 Å². The number of rotatable bonds is 6. The second kappa shape index (κ2) is 8.55. The van der Waals surface area contributed by atoms with Crippen LogP contribution in [0.1, 0.15) is 49.3 Å². The minimum atomic E-state index is 0.160. The van der Waals surface area contributed by atoms with E-state index in [1.54, 1.807) is 4.63 Å². The molecule has 1 aliphatic rings. The molecule has 31 heavy (non-hydrogen) atoms. The molecule has 0 aliphatic heterocycles. The number of H-pyrrole nitrogens is 1. The van der Waals surface area contributed by atoms with E-state index in [0.717, 1.165) is 11.3 Å². The van der Waals surface area contributed by atoms with Crippen LogP contribution in [0.4, 0.5) is 5.69 Å². The summed E-state index contributed by atoms with van der Waals surface area (Å²) in [6.45, 7) is 0. The molecule has 6 nitrogen and oxygen atoms in total. The number of amides is 1. The van der Waals surface area contributed by atoms with E-state index in [1.807, 2.05) is 30.3 Å². The fourth-order valence-electron chi connectivity index (χ4n) is 4.75. The second-order valence-corrected chi connectivity index (χ2v) is 8.52. The average Bonchev–Trinajstić information content (AvgIpc) is 3.36. The first kappa shape index (κ1) is 19.8. The molecular formula is C24H24ClN5O. The van der Waals surface area contributed by atoms with Gasteiger partial charge in [-0.3, -0.25) is 4.79 Å². The van der Waals surface area contributed by atoms with E-state index < -0.39 is 0 Å². The van der Waals surface area contributed by atoms with E-state index >= 15 is 0 Å². The largest absolute Gasteiger partial charge is 0.329 e. The van der Waals surface area contributed by atoms with Gasteiger partial charge in [0.15, 0.2) is 11.5 Å². The fraction of sp³-hybridized carbons (Fsp3) is 0.292. The highest BCUT2D eigenvalue weighted by molar-refractivity contribution is 6.34. The van der Waals surface area contributed by atoms with Crippen molar-refractivity contribution in [2.24, 2.45) is 5.92 Å². The standard InChI is InChI=1S/C24H24ClN5O/c25-21-22(20(16-8-3-1-4-9-16)17-10-5-2-6-11-17)28-30-24(21)27-23(29-30)18-12-7-13-19(14-18)26-15-31/h1,3-4,7-9,12-15,17,20H,2,5-6,10-11H2,(H,26,31)(H,27,29). The molecule has 2 aromatic heterocycles. The van der Waals surface area contributed by atoms with Gasteiger partial charge in [0.05, 0.1) is 5.69 Å². The normalized spacial score (nSPS) is 15.8. The molecule has 7 heteroatoms. The minimum Gasteiger partial charge on any atom is -0.329 e. The van der Waals surface area contributed by atoms with Crippen molar-refractivity contribution in [2.75, 3.05) is 5.32 Å². The van der Waals surface area contributed by atoms with Gasteiger partial charge in [-0.05, 0) is 36.5 Å². The first-order valence-electron chi connectivity index (χ1n) is 10.7. The molecule has 2 heterocycles. The van der Waals surface area contributed by atoms with Crippen LogP contribution in [-0.4, -0.2) is 26.2 Å². The van der Waals surface area contributed by atoms with E-state index in [4.69, 9.17) is 16.7 Å². The Labute approximate surface area is 185 Å². The van der Waals surface area contributed by atoms with Crippen molar-refractivity contribution < 1.29 is 4.79 Å². The molecule has 2 aromatic carbocycles. The third kappa shape index (κ3) is 3.83. The van der Waals surface area contributed by atoms with E-state index in [9.17, 15) is 4.79 Å². The third-order valence-corrected chi connectivity index (χ3v) is 6.58.